The van der Waals surface area contributed by atoms with Crippen LogP contribution in [0.1, 0.15) is 24.8 Å². The zero-order chi connectivity index (χ0) is 13.2. The van der Waals surface area contributed by atoms with Gasteiger partial charge in [0.05, 0.1) is 5.41 Å². The largest absolute Gasteiger partial charge is 0.341 e. The number of hydrogen-bond donors (Lipinski definition) is 1. The van der Waals surface area contributed by atoms with Crippen LogP contribution in [0.4, 0.5) is 0 Å². The Kier molecular flexibility index (Phi) is 4.07. The van der Waals surface area contributed by atoms with Crippen LogP contribution in [0.15, 0.2) is 28.7 Å². The van der Waals surface area contributed by atoms with E-state index in [-0.39, 0.29) is 11.3 Å². The van der Waals surface area contributed by atoms with Crippen molar-refractivity contribution in [3.05, 3.63) is 34.3 Å². The Hall–Kier alpha value is -0.870. The minimum absolute atomic E-state index is 0.187. The van der Waals surface area contributed by atoms with Crippen LogP contribution in [-0.2, 0) is 11.3 Å². The number of carbonyl (C=O) groups excluding carboxylic acids is 1. The SMILES string of the molecule is CN(Cc1ccccc1Br)C(=O)C1(CN)CCC1. The monoisotopic (exact) mass is 310 g/mol. The zero-order valence-corrected chi connectivity index (χ0v) is 12.2. The molecule has 1 aliphatic rings. The fourth-order valence-corrected chi connectivity index (χ4v) is 2.88. The van der Waals surface area contributed by atoms with E-state index in [0.29, 0.717) is 13.1 Å². The van der Waals surface area contributed by atoms with Crippen LogP contribution in [0, 0.1) is 5.41 Å². The van der Waals surface area contributed by atoms with E-state index in [4.69, 9.17) is 5.73 Å². The second-order valence-corrected chi connectivity index (χ2v) is 5.94. The number of benzene rings is 1. The third-order valence-corrected chi connectivity index (χ3v) is 4.64. The van der Waals surface area contributed by atoms with Crippen molar-refractivity contribution < 1.29 is 4.79 Å². The van der Waals surface area contributed by atoms with Gasteiger partial charge in [0.1, 0.15) is 0 Å². The molecule has 0 spiro atoms. The summed E-state index contributed by atoms with van der Waals surface area (Å²) in [5.41, 5.74) is 6.62. The van der Waals surface area contributed by atoms with Crippen molar-refractivity contribution in [2.45, 2.75) is 25.8 Å². The summed E-state index contributed by atoms with van der Waals surface area (Å²) in [5, 5.41) is 0. The second-order valence-electron chi connectivity index (χ2n) is 5.09. The molecule has 1 aromatic carbocycles. The molecule has 98 valence electrons. The van der Waals surface area contributed by atoms with Gasteiger partial charge in [0, 0.05) is 24.6 Å². The van der Waals surface area contributed by atoms with E-state index in [9.17, 15) is 4.79 Å². The lowest BCUT2D eigenvalue weighted by Crippen LogP contribution is -2.50. The minimum atomic E-state index is -0.282. The van der Waals surface area contributed by atoms with Gasteiger partial charge in [0.2, 0.25) is 5.91 Å². The molecule has 0 aromatic heterocycles. The Morgan fingerprint density at radius 1 is 1.44 bits per heavy atom. The molecule has 1 saturated carbocycles. The average molecular weight is 311 g/mol. The quantitative estimate of drug-likeness (QED) is 0.929. The lowest BCUT2D eigenvalue weighted by atomic mass is 9.68. The van der Waals surface area contributed by atoms with Gasteiger partial charge in [-0.2, -0.15) is 0 Å². The molecule has 0 atom stereocenters. The third-order valence-electron chi connectivity index (χ3n) is 3.87. The van der Waals surface area contributed by atoms with E-state index >= 15 is 0 Å². The summed E-state index contributed by atoms with van der Waals surface area (Å²) in [7, 11) is 1.86. The van der Waals surface area contributed by atoms with E-state index in [1.165, 1.54) is 0 Å². The van der Waals surface area contributed by atoms with Gasteiger partial charge in [-0.15, -0.1) is 0 Å². The van der Waals surface area contributed by atoms with Crippen molar-refractivity contribution in [1.29, 1.82) is 0 Å². The topological polar surface area (TPSA) is 46.3 Å². The van der Waals surface area contributed by atoms with Crippen LogP contribution < -0.4 is 5.73 Å². The molecule has 0 radical (unpaired) electrons. The Balaban J connectivity index is 2.06. The Morgan fingerprint density at radius 2 is 2.11 bits per heavy atom. The number of carbonyl (C=O) groups is 1. The molecule has 2 N–H and O–H groups in total. The predicted molar refractivity (Wildman–Crippen MR) is 76.0 cm³/mol. The first-order valence-corrected chi connectivity index (χ1v) is 7.07. The Morgan fingerprint density at radius 3 is 2.61 bits per heavy atom. The van der Waals surface area contributed by atoms with Crippen molar-refractivity contribution in [3.8, 4) is 0 Å². The van der Waals surface area contributed by atoms with Gasteiger partial charge in [-0.3, -0.25) is 4.79 Å². The maximum absolute atomic E-state index is 12.4. The first kappa shape index (κ1) is 13.6. The summed E-state index contributed by atoms with van der Waals surface area (Å²) >= 11 is 3.51. The fraction of sp³-hybridized carbons (Fsp3) is 0.500. The standard InChI is InChI=1S/C14H19BrN2O/c1-17(9-11-5-2-3-6-12(11)15)13(18)14(10-16)7-4-8-14/h2-3,5-6H,4,7-10,16H2,1H3. The lowest BCUT2D eigenvalue weighted by molar-refractivity contribution is -0.145. The maximum atomic E-state index is 12.4. The van der Waals surface area contributed by atoms with E-state index in [1.54, 1.807) is 4.90 Å². The van der Waals surface area contributed by atoms with Crippen molar-refractivity contribution >= 4 is 21.8 Å². The van der Waals surface area contributed by atoms with Crippen LogP contribution in [0.3, 0.4) is 0 Å². The lowest BCUT2D eigenvalue weighted by Gasteiger charge is -2.41. The molecule has 0 bridgehead atoms. The van der Waals surface area contributed by atoms with Gasteiger partial charge in [0.25, 0.3) is 0 Å². The molecule has 18 heavy (non-hydrogen) atoms. The second kappa shape index (κ2) is 5.41. The van der Waals surface area contributed by atoms with Gasteiger partial charge in [-0.05, 0) is 24.5 Å². The summed E-state index contributed by atoms with van der Waals surface area (Å²) in [4.78, 5) is 14.2. The van der Waals surface area contributed by atoms with Crippen molar-refractivity contribution in [2.24, 2.45) is 11.1 Å². The molecule has 1 aliphatic carbocycles. The molecular weight excluding hydrogens is 292 g/mol. The fourth-order valence-electron chi connectivity index (χ4n) is 2.47. The average Bonchev–Trinajstić information content (AvgIpc) is 2.31. The molecule has 4 heteroatoms. The number of amides is 1. The van der Waals surface area contributed by atoms with Gasteiger partial charge in [-0.1, -0.05) is 40.5 Å². The first-order valence-electron chi connectivity index (χ1n) is 6.28. The van der Waals surface area contributed by atoms with E-state index in [0.717, 1.165) is 29.3 Å². The highest BCUT2D eigenvalue weighted by atomic mass is 79.9. The molecule has 0 aliphatic heterocycles. The highest BCUT2D eigenvalue weighted by Crippen LogP contribution is 2.41. The molecule has 3 nitrogen and oxygen atoms in total. The normalized spacial score (nSPS) is 17.1. The van der Waals surface area contributed by atoms with Crippen LogP contribution in [0.2, 0.25) is 0 Å². The molecular formula is C14H19BrN2O. The molecule has 1 fully saturated rings. The Bertz CT molecular complexity index is 438. The van der Waals surface area contributed by atoms with Crippen molar-refractivity contribution in [3.63, 3.8) is 0 Å². The molecule has 0 saturated heterocycles. The summed E-state index contributed by atoms with van der Waals surface area (Å²) in [6.45, 7) is 1.09. The minimum Gasteiger partial charge on any atom is -0.341 e. The summed E-state index contributed by atoms with van der Waals surface area (Å²) in [6.07, 6.45) is 2.98. The Labute approximate surface area is 116 Å². The number of hydrogen-bond acceptors (Lipinski definition) is 2. The number of nitrogens with two attached hydrogens (primary N) is 1. The number of halogens is 1. The van der Waals surface area contributed by atoms with Gasteiger partial charge in [0.15, 0.2) is 0 Å². The molecule has 1 amide bonds. The third kappa shape index (κ3) is 2.45. The van der Waals surface area contributed by atoms with E-state index < -0.39 is 0 Å². The van der Waals surface area contributed by atoms with Crippen LogP contribution in [-0.4, -0.2) is 24.4 Å². The van der Waals surface area contributed by atoms with Crippen LogP contribution in [0.25, 0.3) is 0 Å². The number of rotatable bonds is 4. The van der Waals surface area contributed by atoms with Crippen LogP contribution >= 0.6 is 15.9 Å². The van der Waals surface area contributed by atoms with Gasteiger partial charge in [-0.25, -0.2) is 0 Å². The summed E-state index contributed by atoms with van der Waals surface area (Å²) in [6, 6.07) is 7.99. The highest BCUT2D eigenvalue weighted by Gasteiger charge is 2.44. The van der Waals surface area contributed by atoms with E-state index in [2.05, 4.69) is 15.9 Å². The van der Waals surface area contributed by atoms with E-state index in [1.807, 2.05) is 31.3 Å². The molecule has 0 unspecified atom stereocenters. The van der Waals surface area contributed by atoms with Crippen LogP contribution in [0.5, 0.6) is 0 Å². The summed E-state index contributed by atoms with van der Waals surface area (Å²) in [5.74, 6) is 0.187. The first-order chi connectivity index (χ1) is 8.59. The van der Waals surface area contributed by atoms with Gasteiger partial charge >= 0.3 is 0 Å². The maximum Gasteiger partial charge on any atom is 0.230 e. The zero-order valence-electron chi connectivity index (χ0n) is 10.7. The molecule has 2 rings (SSSR count). The van der Waals surface area contributed by atoms with Gasteiger partial charge < -0.3 is 10.6 Å². The predicted octanol–water partition coefficient (Wildman–Crippen LogP) is 2.54. The smallest absolute Gasteiger partial charge is 0.230 e. The van der Waals surface area contributed by atoms with Crippen molar-refractivity contribution in [1.82, 2.24) is 4.90 Å². The number of nitrogens with zero attached hydrogens (tertiary/aromatic N) is 1. The molecule has 0 heterocycles. The highest BCUT2D eigenvalue weighted by molar-refractivity contribution is 9.10. The molecule has 1 aromatic rings. The van der Waals surface area contributed by atoms with Crippen molar-refractivity contribution in [2.75, 3.05) is 13.6 Å². The summed E-state index contributed by atoms with van der Waals surface area (Å²) < 4.78 is 1.04.